The Bertz CT molecular complexity index is 382. The topological polar surface area (TPSA) is 24.5 Å². The summed E-state index contributed by atoms with van der Waals surface area (Å²) in [7, 11) is 3.85. The van der Waals surface area contributed by atoms with Gasteiger partial charge in [0.05, 0.1) is 6.61 Å². The van der Waals surface area contributed by atoms with Crippen molar-refractivity contribution in [1.29, 1.82) is 0 Å². The van der Waals surface area contributed by atoms with Crippen molar-refractivity contribution in [2.75, 3.05) is 27.3 Å². The molecule has 1 N–H and O–H groups in total. The highest BCUT2D eigenvalue weighted by atomic mass is 79.9. The molecule has 0 spiro atoms. The molecule has 0 bridgehead atoms. The lowest BCUT2D eigenvalue weighted by molar-refractivity contribution is 0.158. The van der Waals surface area contributed by atoms with Crippen LogP contribution in [0.1, 0.15) is 25.0 Å². The van der Waals surface area contributed by atoms with Crippen LogP contribution in [-0.2, 0) is 17.8 Å². The second-order valence-electron chi connectivity index (χ2n) is 5.19. The fourth-order valence-corrected chi connectivity index (χ4v) is 2.32. The molecular formula is C15H25BrN2O. The molecule has 0 aliphatic carbocycles. The van der Waals surface area contributed by atoms with E-state index in [9.17, 15) is 0 Å². The Morgan fingerprint density at radius 1 is 1.37 bits per heavy atom. The smallest absolute Gasteiger partial charge is 0.0589 e. The molecule has 108 valence electrons. The monoisotopic (exact) mass is 328 g/mol. The number of halogens is 1. The maximum Gasteiger partial charge on any atom is 0.0589 e. The molecule has 0 atom stereocenters. The Morgan fingerprint density at radius 3 is 2.68 bits per heavy atom. The van der Waals surface area contributed by atoms with Crippen LogP contribution in [0.4, 0.5) is 0 Å². The molecule has 1 rings (SSSR count). The van der Waals surface area contributed by atoms with Gasteiger partial charge in [-0.15, -0.1) is 0 Å². The minimum Gasteiger partial charge on any atom is -0.383 e. The van der Waals surface area contributed by atoms with Crippen LogP contribution in [0, 0.1) is 0 Å². The van der Waals surface area contributed by atoms with Crippen LogP contribution in [0.2, 0.25) is 0 Å². The molecule has 0 radical (unpaired) electrons. The first-order chi connectivity index (χ1) is 9.02. The Hall–Kier alpha value is -0.420. The highest BCUT2D eigenvalue weighted by Gasteiger charge is 2.05. The third-order valence-electron chi connectivity index (χ3n) is 2.95. The summed E-state index contributed by atoms with van der Waals surface area (Å²) in [6.45, 7) is 7.88. The number of ether oxygens (including phenoxy) is 1. The summed E-state index contributed by atoms with van der Waals surface area (Å²) in [5, 5.41) is 3.43. The van der Waals surface area contributed by atoms with E-state index >= 15 is 0 Å². The first-order valence-corrected chi connectivity index (χ1v) is 7.50. The predicted molar refractivity (Wildman–Crippen MR) is 84.3 cm³/mol. The van der Waals surface area contributed by atoms with Crippen molar-refractivity contribution < 1.29 is 4.74 Å². The fraction of sp³-hybridized carbons (Fsp3) is 0.600. The molecule has 0 unspecified atom stereocenters. The molecule has 0 heterocycles. The minimum absolute atomic E-state index is 0.513. The van der Waals surface area contributed by atoms with Gasteiger partial charge >= 0.3 is 0 Å². The Balaban J connectivity index is 2.56. The molecule has 0 aliphatic heterocycles. The van der Waals surface area contributed by atoms with Crippen LogP contribution in [0.15, 0.2) is 22.7 Å². The maximum atomic E-state index is 5.09. The fourth-order valence-electron chi connectivity index (χ4n) is 1.77. The van der Waals surface area contributed by atoms with E-state index in [4.69, 9.17) is 4.74 Å². The first kappa shape index (κ1) is 16.6. The Morgan fingerprint density at radius 2 is 2.11 bits per heavy atom. The molecule has 4 heteroatoms. The number of nitrogens with zero attached hydrogens (tertiary/aromatic N) is 1. The van der Waals surface area contributed by atoms with Crippen molar-refractivity contribution in [3.63, 3.8) is 0 Å². The zero-order chi connectivity index (χ0) is 14.3. The average Bonchev–Trinajstić information content (AvgIpc) is 2.36. The Labute approximate surface area is 125 Å². The number of likely N-dealkylation sites (N-methyl/N-ethyl adjacent to an activating group) is 1. The number of rotatable bonds is 8. The second kappa shape index (κ2) is 8.69. The van der Waals surface area contributed by atoms with E-state index in [0.29, 0.717) is 6.04 Å². The van der Waals surface area contributed by atoms with Gasteiger partial charge in [0.15, 0.2) is 0 Å². The molecule has 0 saturated carbocycles. The number of hydrogen-bond donors (Lipinski definition) is 1. The van der Waals surface area contributed by atoms with Crippen LogP contribution in [0.5, 0.6) is 0 Å². The van der Waals surface area contributed by atoms with Gasteiger partial charge in [-0.1, -0.05) is 41.9 Å². The third-order valence-corrected chi connectivity index (χ3v) is 3.69. The summed E-state index contributed by atoms with van der Waals surface area (Å²) in [5.74, 6) is 0. The lowest BCUT2D eigenvalue weighted by atomic mass is 10.1. The molecule has 3 nitrogen and oxygen atoms in total. The van der Waals surface area contributed by atoms with E-state index in [1.54, 1.807) is 7.11 Å². The van der Waals surface area contributed by atoms with E-state index in [1.165, 1.54) is 15.6 Å². The molecule has 0 aliphatic rings. The maximum absolute atomic E-state index is 5.09. The molecule has 0 saturated heterocycles. The van der Waals surface area contributed by atoms with Crippen molar-refractivity contribution in [3.8, 4) is 0 Å². The van der Waals surface area contributed by atoms with E-state index in [-0.39, 0.29) is 0 Å². The van der Waals surface area contributed by atoms with Crippen LogP contribution in [0.25, 0.3) is 0 Å². The summed E-state index contributed by atoms with van der Waals surface area (Å²) in [6.07, 6.45) is 0. The van der Waals surface area contributed by atoms with Crippen LogP contribution in [-0.4, -0.2) is 38.3 Å². The molecule has 1 aromatic rings. The lowest BCUT2D eigenvalue weighted by Crippen LogP contribution is -2.23. The van der Waals surface area contributed by atoms with E-state index in [1.807, 2.05) is 0 Å². The standard InChI is InChI=1S/C15H25BrN2O/c1-12(2)17-10-13-5-6-14(15(16)9-13)11-18(3)7-8-19-4/h5-6,9,12,17H,7-8,10-11H2,1-4H3. The lowest BCUT2D eigenvalue weighted by Gasteiger charge is -2.17. The normalized spacial score (nSPS) is 11.5. The van der Waals surface area contributed by atoms with Gasteiger partial charge in [-0.05, 0) is 24.2 Å². The van der Waals surface area contributed by atoms with Gasteiger partial charge in [0.25, 0.3) is 0 Å². The van der Waals surface area contributed by atoms with Gasteiger partial charge in [-0.3, -0.25) is 4.90 Å². The average molecular weight is 329 g/mol. The number of hydrogen-bond acceptors (Lipinski definition) is 3. The van der Waals surface area contributed by atoms with Crippen molar-refractivity contribution in [1.82, 2.24) is 10.2 Å². The van der Waals surface area contributed by atoms with Crippen LogP contribution >= 0.6 is 15.9 Å². The zero-order valence-electron chi connectivity index (χ0n) is 12.4. The molecular weight excluding hydrogens is 304 g/mol. The summed E-state index contributed by atoms with van der Waals surface area (Å²) < 4.78 is 6.27. The summed E-state index contributed by atoms with van der Waals surface area (Å²) in [4.78, 5) is 2.26. The molecule has 0 amide bonds. The molecule has 0 aromatic heterocycles. The zero-order valence-corrected chi connectivity index (χ0v) is 14.0. The van der Waals surface area contributed by atoms with Crippen molar-refractivity contribution in [2.45, 2.75) is 33.0 Å². The number of methoxy groups -OCH3 is 1. The third kappa shape index (κ3) is 6.52. The molecule has 0 fully saturated rings. The van der Waals surface area contributed by atoms with Crippen molar-refractivity contribution in [3.05, 3.63) is 33.8 Å². The van der Waals surface area contributed by atoms with E-state index in [0.717, 1.165) is 26.2 Å². The van der Waals surface area contributed by atoms with Gasteiger partial charge in [-0.2, -0.15) is 0 Å². The number of nitrogens with one attached hydrogen (secondary N) is 1. The highest BCUT2D eigenvalue weighted by molar-refractivity contribution is 9.10. The largest absolute Gasteiger partial charge is 0.383 e. The Kier molecular flexibility index (Phi) is 7.61. The highest BCUT2D eigenvalue weighted by Crippen LogP contribution is 2.20. The second-order valence-corrected chi connectivity index (χ2v) is 6.05. The van der Waals surface area contributed by atoms with E-state index in [2.05, 4.69) is 65.2 Å². The van der Waals surface area contributed by atoms with Gasteiger partial charge < -0.3 is 10.1 Å². The SMILES string of the molecule is COCCN(C)Cc1ccc(CNC(C)C)cc1Br. The predicted octanol–water partition coefficient (Wildman–Crippen LogP) is 3.03. The van der Waals surface area contributed by atoms with Gasteiger partial charge in [0.1, 0.15) is 0 Å². The molecule has 19 heavy (non-hydrogen) atoms. The van der Waals surface area contributed by atoms with Gasteiger partial charge in [-0.25, -0.2) is 0 Å². The van der Waals surface area contributed by atoms with E-state index < -0.39 is 0 Å². The minimum atomic E-state index is 0.513. The summed E-state index contributed by atoms with van der Waals surface area (Å²) in [6, 6.07) is 7.11. The van der Waals surface area contributed by atoms with Crippen LogP contribution in [0.3, 0.4) is 0 Å². The van der Waals surface area contributed by atoms with Gasteiger partial charge in [0, 0.05) is 37.3 Å². The van der Waals surface area contributed by atoms with Crippen molar-refractivity contribution >= 4 is 15.9 Å². The quantitative estimate of drug-likeness (QED) is 0.793. The van der Waals surface area contributed by atoms with Crippen molar-refractivity contribution in [2.24, 2.45) is 0 Å². The summed E-state index contributed by atoms with van der Waals surface area (Å²) in [5.41, 5.74) is 2.62. The van der Waals surface area contributed by atoms with Crippen LogP contribution < -0.4 is 5.32 Å². The molecule has 1 aromatic carbocycles. The first-order valence-electron chi connectivity index (χ1n) is 6.71. The number of benzene rings is 1. The van der Waals surface area contributed by atoms with Gasteiger partial charge in [0.2, 0.25) is 0 Å². The summed E-state index contributed by atoms with van der Waals surface area (Å²) >= 11 is 3.67.